The van der Waals surface area contributed by atoms with Gasteiger partial charge < -0.3 is 5.32 Å². The largest absolute Gasteiger partial charge is 0.314 e. The lowest BCUT2D eigenvalue weighted by Gasteiger charge is -2.36. The van der Waals surface area contributed by atoms with Gasteiger partial charge in [0, 0.05) is 41.7 Å². The first-order valence-electron chi connectivity index (χ1n) is 7.47. The van der Waals surface area contributed by atoms with Crippen molar-refractivity contribution in [2.75, 3.05) is 26.2 Å². The van der Waals surface area contributed by atoms with E-state index in [2.05, 4.69) is 52.1 Å². The monoisotopic (exact) mass is 430 g/mol. The summed E-state index contributed by atoms with van der Waals surface area (Å²) in [6.45, 7) is 8.97. The Morgan fingerprint density at radius 3 is 2.41 bits per heavy atom. The predicted octanol–water partition coefficient (Wildman–Crippen LogP) is 5.33. The van der Waals surface area contributed by atoms with Gasteiger partial charge in [0.05, 0.1) is 0 Å². The van der Waals surface area contributed by atoms with Crippen molar-refractivity contribution in [3.63, 3.8) is 0 Å². The highest BCUT2D eigenvalue weighted by molar-refractivity contribution is 9.10. The Morgan fingerprint density at radius 2 is 1.82 bits per heavy atom. The quantitative estimate of drug-likeness (QED) is 0.677. The summed E-state index contributed by atoms with van der Waals surface area (Å²) < 4.78 is 1.18. The highest BCUT2D eigenvalue weighted by Gasteiger charge is 2.24. The van der Waals surface area contributed by atoms with Crippen LogP contribution in [0.4, 0.5) is 0 Å². The Bertz CT molecular complexity index is 437. The van der Waals surface area contributed by atoms with E-state index in [1.165, 1.54) is 22.9 Å². The first-order valence-corrected chi connectivity index (χ1v) is 8.64. The maximum Gasteiger partial charge on any atom is 0.0410 e. The molecule has 1 fully saturated rings. The summed E-state index contributed by atoms with van der Waals surface area (Å²) in [5, 5.41) is 4.26. The van der Waals surface area contributed by atoms with Crippen molar-refractivity contribution in [2.24, 2.45) is 5.92 Å². The first kappa shape index (κ1) is 22.5. The lowest BCUT2D eigenvalue weighted by Crippen LogP contribution is -2.45. The van der Waals surface area contributed by atoms with Crippen LogP contribution in [0.25, 0.3) is 0 Å². The Hall–Kier alpha value is 0.490. The summed E-state index contributed by atoms with van der Waals surface area (Å²) in [5.74, 6) is 0.735. The second-order valence-corrected chi connectivity index (χ2v) is 7.23. The molecule has 1 aliphatic heterocycles. The zero-order valence-corrected chi connectivity index (χ0v) is 17.1. The van der Waals surface area contributed by atoms with Crippen molar-refractivity contribution in [1.29, 1.82) is 0 Å². The molecular formula is C16H26BrCl3N2. The fourth-order valence-corrected chi connectivity index (χ4v) is 3.48. The minimum Gasteiger partial charge on any atom is -0.314 e. The van der Waals surface area contributed by atoms with Gasteiger partial charge in [0.2, 0.25) is 0 Å². The van der Waals surface area contributed by atoms with Crippen LogP contribution in [0.3, 0.4) is 0 Å². The van der Waals surface area contributed by atoms with Crippen LogP contribution in [0.15, 0.2) is 22.7 Å². The van der Waals surface area contributed by atoms with E-state index < -0.39 is 0 Å². The smallest absolute Gasteiger partial charge is 0.0410 e. The predicted molar refractivity (Wildman–Crippen MR) is 105 cm³/mol. The molecule has 128 valence electrons. The normalized spacial score (nSPS) is 16.8. The summed E-state index contributed by atoms with van der Waals surface area (Å²) in [5.41, 5.74) is 1.33. The van der Waals surface area contributed by atoms with Crippen LogP contribution in [-0.2, 0) is 0 Å². The summed E-state index contributed by atoms with van der Waals surface area (Å²) >= 11 is 9.91. The number of hydrogen-bond acceptors (Lipinski definition) is 2. The van der Waals surface area contributed by atoms with E-state index in [1.807, 2.05) is 6.07 Å². The Balaban J connectivity index is 0.00000220. The van der Waals surface area contributed by atoms with Crippen LogP contribution in [0.2, 0.25) is 5.02 Å². The van der Waals surface area contributed by atoms with Gasteiger partial charge in [-0.25, -0.2) is 0 Å². The third-order valence-corrected chi connectivity index (χ3v) is 4.88. The summed E-state index contributed by atoms with van der Waals surface area (Å²) in [6, 6.07) is 6.61. The lowest BCUT2D eigenvalue weighted by atomic mass is 9.96. The molecule has 0 unspecified atom stereocenters. The van der Waals surface area contributed by atoms with Gasteiger partial charge in [-0.2, -0.15) is 0 Å². The number of piperazine rings is 1. The third kappa shape index (κ3) is 6.54. The number of halogens is 4. The summed E-state index contributed by atoms with van der Waals surface area (Å²) in [7, 11) is 0. The zero-order valence-electron chi connectivity index (χ0n) is 13.1. The van der Waals surface area contributed by atoms with Crippen molar-refractivity contribution < 1.29 is 0 Å². The lowest BCUT2D eigenvalue weighted by molar-refractivity contribution is 0.159. The molecule has 0 spiro atoms. The fraction of sp³-hybridized carbons (Fsp3) is 0.625. The standard InChI is InChI=1S/C16H24BrClN2.2ClH/c1-12(2)3-6-16(20-9-7-19-8-10-20)14-11-13(18)4-5-15(14)17;;/h4-5,11-12,16,19H,3,6-10H2,1-2H3;2*1H/t16-;;/m0../s1. The maximum atomic E-state index is 6.21. The highest BCUT2D eigenvalue weighted by atomic mass is 79.9. The molecule has 2 nitrogen and oxygen atoms in total. The first-order chi connectivity index (χ1) is 9.58. The Kier molecular flexibility index (Phi) is 11.4. The van der Waals surface area contributed by atoms with Gasteiger partial charge >= 0.3 is 0 Å². The van der Waals surface area contributed by atoms with Gasteiger partial charge in [0.25, 0.3) is 0 Å². The molecule has 0 aliphatic carbocycles. The number of rotatable bonds is 5. The molecule has 1 saturated heterocycles. The topological polar surface area (TPSA) is 15.3 Å². The molecular weight excluding hydrogens is 406 g/mol. The van der Waals surface area contributed by atoms with Crippen molar-refractivity contribution in [2.45, 2.75) is 32.7 Å². The molecule has 0 aromatic heterocycles. The van der Waals surface area contributed by atoms with Crippen molar-refractivity contribution >= 4 is 52.3 Å². The third-order valence-electron chi connectivity index (χ3n) is 3.93. The average Bonchev–Trinajstić information content (AvgIpc) is 2.43. The fourth-order valence-electron chi connectivity index (χ4n) is 2.79. The van der Waals surface area contributed by atoms with Crippen molar-refractivity contribution in [3.8, 4) is 0 Å². The summed E-state index contributed by atoms with van der Waals surface area (Å²) in [4.78, 5) is 2.59. The number of hydrogen-bond donors (Lipinski definition) is 1. The van der Waals surface area contributed by atoms with E-state index in [4.69, 9.17) is 11.6 Å². The minimum atomic E-state index is 0. The molecule has 1 aromatic carbocycles. The maximum absolute atomic E-state index is 6.21. The molecule has 22 heavy (non-hydrogen) atoms. The molecule has 0 amide bonds. The zero-order chi connectivity index (χ0) is 14.5. The second-order valence-electron chi connectivity index (χ2n) is 5.94. The molecule has 0 radical (unpaired) electrons. The van der Waals surface area contributed by atoms with Crippen LogP contribution < -0.4 is 5.32 Å². The van der Waals surface area contributed by atoms with E-state index in [9.17, 15) is 0 Å². The van der Waals surface area contributed by atoms with Gasteiger partial charge in [-0.1, -0.05) is 41.4 Å². The number of nitrogens with zero attached hydrogens (tertiary/aromatic N) is 1. The van der Waals surface area contributed by atoms with Gasteiger partial charge in [-0.3, -0.25) is 4.90 Å². The van der Waals surface area contributed by atoms with Crippen LogP contribution in [0.1, 0.15) is 38.3 Å². The van der Waals surface area contributed by atoms with E-state index in [-0.39, 0.29) is 24.8 Å². The summed E-state index contributed by atoms with van der Waals surface area (Å²) in [6.07, 6.45) is 2.43. The second kappa shape index (κ2) is 11.1. The van der Waals surface area contributed by atoms with Gasteiger partial charge in [0.15, 0.2) is 0 Å². The van der Waals surface area contributed by atoms with Crippen LogP contribution in [0.5, 0.6) is 0 Å². The van der Waals surface area contributed by atoms with E-state index in [0.29, 0.717) is 6.04 Å². The molecule has 1 aliphatic rings. The van der Waals surface area contributed by atoms with Gasteiger partial charge in [0.1, 0.15) is 0 Å². The van der Waals surface area contributed by atoms with Crippen molar-refractivity contribution in [3.05, 3.63) is 33.3 Å². The molecule has 0 bridgehead atoms. The molecule has 1 aromatic rings. The molecule has 0 saturated carbocycles. The molecule has 1 heterocycles. The Morgan fingerprint density at radius 1 is 1.18 bits per heavy atom. The average molecular weight is 433 g/mol. The Labute approximate surface area is 160 Å². The van der Waals surface area contributed by atoms with Crippen LogP contribution in [-0.4, -0.2) is 31.1 Å². The van der Waals surface area contributed by atoms with Gasteiger partial charge in [-0.15, -0.1) is 24.8 Å². The van der Waals surface area contributed by atoms with E-state index >= 15 is 0 Å². The van der Waals surface area contributed by atoms with Crippen molar-refractivity contribution in [1.82, 2.24) is 10.2 Å². The molecule has 2 rings (SSSR count). The molecule has 1 N–H and O–H groups in total. The number of nitrogens with one attached hydrogen (secondary N) is 1. The van der Waals surface area contributed by atoms with E-state index in [0.717, 1.165) is 37.1 Å². The molecule has 6 heteroatoms. The highest BCUT2D eigenvalue weighted by Crippen LogP contribution is 2.34. The van der Waals surface area contributed by atoms with E-state index in [1.54, 1.807) is 0 Å². The number of benzene rings is 1. The molecule has 1 atom stereocenters. The minimum absolute atomic E-state index is 0. The SMILES string of the molecule is CC(C)CC[C@@H](c1cc(Cl)ccc1Br)N1CCNCC1.Cl.Cl. The van der Waals surface area contributed by atoms with Crippen LogP contribution >= 0.6 is 52.3 Å². The van der Waals surface area contributed by atoms with Gasteiger partial charge in [-0.05, 0) is 42.5 Å². The van der Waals surface area contributed by atoms with Crippen LogP contribution in [0, 0.1) is 5.92 Å².